The molecule has 2 amide bonds. The Hall–Kier alpha value is -5.40. The highest BCUT2D eigenvalue weighted by Gasteiger charge is 2.31. The van der Waals surface area contributed by atoms with Crippen LogP contribution in [0.2, 0.25) is 0 Å². The molecule has 0 bridgehead atoms. The van der Waals surface area contributed by atoms with E-state index < -0.39 is 60.6 Å². The highest BCUT2D eigenvalue weighted by molar-refractivity contribution is 6.01. The average molecular weight is 691 g/mol. The maximum absolute atomic E-state index is 13.7. The molecule has 2 heterocycles. The Bertz CT molecular complexity index is 1510. The lowest BCUT2D eigenvalue weighted by molar-refractivity contribution is -0.145. The zero-order chi connectivity index (χ0) is 36.1. The van der Waals surface area contributed by atoms with Crippen LogP contribution in [0.5, 0.6) is 0 Å². The van der Waals surface area contributed by atoms with Crippen LogP contribution < -0.4 is 20.4 Å². The van der Waals surface area contributed by atoms with Gasteiger partial charge in [-0.25, -0.2) is 19.6 Å². The van der Waals surface area contributed by atoms with E-state index in [4.69, 9.17) is 24.3 Å². The molecular formula is C30H38N6O13. The monoisotopic (exact) mass is 690 g/mol. The van der Waals surface area contributed by atoms with E-state index in [-0.39, 0.29) is 68.1 Å². The number of morpholine rings is 1. The molecule has 1 aromatic heterocycles. The number of methoxy groups -OCH3 is 2. The molecule has 0 saturated carbocycles. The number of carbonyl (C=O) groups is 6. The van der Waals surface area contributed by atoms with Crippen LogP contribution in [0.25, 0.3) is 11.3 Å². The molecule has 1 saturated heterocycles. The van der Waals surface area contributed by atoms with Crippen LogP contribution in [0.4, 0.5) is 11.6 Å². The average Bonchev–Trinajstić information content (AvgIpc) is 3.07. The molecule has 1 aliphatic heterocycles. The Kier molecular flexibility index (Phi) is 14.2. The molecule has 0 aliphatic carbocycles. The molecule has 0 radical (unpaired) electrons. The SMILES string of the molecule is COCCN(CCOC)c1nc(C(=O)NC(CC(=O)O)C(=O)O)c(N2CCOCC2)nc1-c1ccc(C(=O)NC(CC(=O)O)C(=O)O)cc1. The number of aliphatic carboxylic acids is 4. The van der Waals surface area contributed by atoms with Crippen LogP contribution in [-0.4, -0.2) is 145 Å². The number of aromatic nitrogens is 2. The fraction of sp³-hybridized carbons (Fsp3) is 0.467. The molecule has 1 aromatic carbocycles. The second-order valence-corrected chi connectivity index (χ2v) is 10.6. The molecule has 0 spiro atoms. The van der Waals surface area contributed by atoms with E-state index in [2.05, 4.69) is 15.6 Å². The van der Waals surface area contributed by atoms with Gasteiger partial charge in [-0.2, -0.15) is 0 Å². The van der Waals surface area contributed by atoms with Gasteiger partial charge in [0.05, 0.1) is 39.3 Å². The van der Waals surface area contributed by atoms with Gasteiger partial charge in [0.1, 0.15) is 17.8 Å². The molecule has 19 nitrogen and oxygen atoms in total. The maximum Gasteiger partial charge on any atom is 0.326 e. The largest absolute Gasteiger partial charge is 0.481 e. The van der Waals surface area contributed by atoms with Gasteiger partial charge in [0, 0.05) is 51.5 Å². The third kappa shape index (κ3) is 10.8. The molecule has 19 heteroatoms. The van der Waals surface area contributed by atoms with Crippen molar-refractivity contribution < 1.29 is 63.4 Å². The van der Waals surface area contributed by atoms with Crippen molar-refractivity contribution in [1.29, 1.82) is 0 Å². The number of nitrogens with zero attached hydrogens (tertiary/aromatic N) is 4. The maximum atomic E-state index is 13.7. The molecule has 266 valence electrons. The number of carboxylic acids is 4. The minimum Gasteiger partial charge on any atom is -0.481 e. The Morgan fingerprint density at radius 2 is 1.33 bits per heavy atom. The van der Waals surface area contributed by atoms with Crippen molar-refractivity contribution in [2.24, 2.45) is 0 Å². The standard InChI is InChI=1S/C30H38N6O13/c1-47-11-7-35(8-12-48-2)25-23(17-3-5-18(6-4-17)27(41)31-19(29(43)44)15-21(37)38)33-26(36-9-13-49-14-10-36)24(34-25)28(42)32-20(30(45)46)16-22(39)40/h3-6,19-20H,7-16H2,1-2H3,(H,31,41)(H,32,42)(H,37,38)(H,39,40)(H,43,44)(H,45,46). The van der Waals surface area contributed by atoms with Gasteiger partial charge in [0.15, 0.2) is 17.3 Å². The van der Waals surface area contributed by atoms with E-state index in [1.807, 2.05) is 0 Å². The van der Waals surface area contributed by atoms with Crippen molar-refractivity contribution in [3.63, 3.8) is 0 Å². The number of nitrogens with one attached hydrogen (secondary N) is 2. The van der Waals surface area contributed by atoms with Crippen molar-refractivity contribution in [1.82, 2.24) is 20.6 Å². The van der Waals surface area contributed by atoms with Crippen LogP contribution in [0.1, 0.15) is 33.7 Å². The Morgan fingerprint density at radius 1 is 0.816 bits per heavy atom. The fourth-order valence-electron chi connectivity index (χ4n) is 4.70. The summed E-state index contributed by atoms with van der Waals surface area (Å²) in [6.07, 6.45) is -1.71. The Morgan fingerprint density at radius 3 is 1.80 bits per heavy atom. The Labute approximate surface area is 279 Å². The molecule has 49 heavy (non-hydrogen) atoms. The Balaban J connectivity index is 2.17. The van der Waals surface area contributed by atoms with Gasteiger partial charge in [-0.15, -0.1) is 0 Å². The summed E-state index contributed by atoms with van der Waals surface area (Å²) < 4.78 is 16.0. The first kappa shape index (κ1) is 38.1. The predicted molar refractivity (Wildman–Crippen MR) is 169 cm³/mol. The number of hydrogen-bond acceptors (Lipinski definition) is 13. The number of carbonyl (C=O) groups excluding carboxylic acids is 2. The smallest absolute Gasteiger partial charge is 0.326 e. The van der Waals surface area contributed by atoms with Crippen molar-refractivity contribution in [2.75, 3.05) is 76.6 Å². The molecule has 2 unspecified atom stereocenters. The highest BCUT2D eigenvalue weighted by Crippen LogP contribution is 2.32. The van der Waals surface area contributed by atoms with Crippen LogP contribution in [0, 0.1) is 0 Å². The second-order valence-electron chi connectivity index (χ2n) is 10.6. The first-order valence-corrected chi connectivity index (χ1v) is 14.9. The molecule has 2 atom stereocenters. The van der Waals surface area contributed by atoms with Gasteiger partial charge in [-0.1, -0.05) is 12.1 Å². The van der Waals surface area contributed by atoms with Crippen LogP contribution in [0.15, 0.2) is 24.3 Å². The van der Waals surface area contributed by atoms with Crippen molar-refractivity contribution in [3.8, 4) is 11.3 Å². The first-order valence-electron chi connectivity index (χ1n) is 14.9. The van der Waals surface area contributed by atoms with E-state index in [9.17, 15) is 44.1 Å². The molecule has 3 rings (SSSR count). The lowest BCUT2D eigenvalue weighted by Gasteiger charge is -2.31. The lowest BCUT2D eigenvalue weighted by Crippen LogP contribution is -2.44. The van der Waals surface area contributed by atoms with E-state index in [1.54, 1.807) is 9.80 Å². The summed E-state index contributed by atoms with van der Waals surface area (Å²) in [4.78, 5) is 85.0. The summed E-state index contributed by atoms with van der Waals surface area (Å²) >= 11 is 0. The minimum absolute atomic E-state index is 0.0214. The summed E-state index contributed by atoms with van der Waals surface area (Å²) in [6.45, 7) is 2.09. The number of ether oxygens (including phenoxy) is 3. The molecule has 2 aromatic rings. The summed E-state index contributed by atoms with van der Waals surface area (Å²) in [5.74, 6) is -7.50. The predicted octanol–water partition coefficient (Wildman–Crippen LogP) is -0.605. The highest BCUT2D eigenvalue weighted by atomic mass is 16.5. The van der Waals surface area contributed by atoms with Gasteiger partial charge in [-0.05, 0) is 12.1 Å². The number of hydrogen-bond donors (Lipinski definition) is 6. The zero-order valence-corrected chi connectivity index (χ0v) is 26.8. The summed E-state index contributed by atoms with van der Waals surface area (Å²) in [7, 11) is 2.98. The molecule has 6 N–H and O–H groups in total. The molecule has 1 aliphatic rings. The summed E-state index contributed by atoms with van der Waals surface area (Å²) in [5, 5.41) is 41.5. The van der Waals surface area contributed by atoms with Gasteiger partial charge in [-0.3, -0.25) is 19.2 Å². The van der Waals surface area contributed by atoms with E-state index >= 15 is 0 Å². The van der Waals surface area contributed by atoms with E-state index in [0.29, 0.717) is 18.7 Å². The van der Waals surface area contributed by atoms with Crippen LogP contribution in [-0.2, 0) is 33.4 Å². The molecular weight excluding hydrogens is 652 g/mol. The quantitative estimate of drug-likeness (QED) is 0.107. The summed E-state index contributed by atoms with van der Waals surface area (Å²) in [5.41, 5.74) is 0.404. The zero-order valence-electron chi connectivity index (χ0n) is 26.8. The lowest BCUT2D eigenvalue weighted by atomic mass is 10.1. The van der Waals surface area contributed by atoms with Gasteiger partial charge in [0.2, 0.25) is 0 Å². The van der Waals surface area contributed by atoms with Gasteiger partial charge in [0.25, 0.3) is 11.8 Å². The number of rotatable bonds is 19. The van der Waals surface area contributed by atoms with Crippen molar-refractivity contribution in [2.45, 2.75) is 24.9 Å². The second kappa shape index (κ2) is 18.2. The minimum atomic E-state index is -1.76. The van der Waals surface area contributed by atoms with Gasteiger partial charge >= 0.3 is 23.9 Å². The summed E-state index contributed by atoms with van der Waals surface area (Å²) in [6, 6.07) is 2.35. The normalized spacial score (nSPS) is 14.0. The fourth-order valence-corrected chi connectivity index (χ4v) is 4.70. The first-order chi connectivity index (χ1) is 23.4. The number of carboxylic acid groups (broad SMARTS) is 4. The third-order valence-corrected chi connectivity index (χ3v) is 7.20. The topological polar surface area (TPSA) is 267 Å². The van der Waals surface area contributed by atoms with E-state index in [0.717, 1.165) is 0 Å². The molecule has 1 fully saturated rings. The van der Waals surface area contributed by atoms with Crippen LogP contribution >= 0.6 is 0 Å². The van der Waals surface area contributed by atoms with Crippen molar-refractivity contribution >= 4 is 47.3 Å². The van der Waals surface area contributed by atoms with Crippen LogP contribution in [0.3, 0.4) is 0 Å². The number of anilines is 2. The third-order valence-electron chi connectivity index (χ3n) is 7.20. The van der Waals surface area contributed by atoms with Gasteiger partial charge < -0.3 is 55.1 Å². The van der Waals surface area contributed by atoms with E-state index in [1.165, 1.54) is 38.5 Å². The number of amides is 2. The number of benzene rings is 1. The van der Waals surface area contributed by atoms with Crippen molar-refractivity contribution in [3.05, 3.63) is 35.5 Å².